The smallest absolute Gasteiger partial charge is 0.264 e. The van der Waals surface area contributed by atoms with Gasteiger partial charge in [0.2, 0.25) is 11.8 Å². The summed E-state index contributed by atoms with van der Waals surface area (Å²) in [5.74, 6) is -0.506. The first-order valence-electron chi connectivity index (χ1n) is 13.1. The van der Waals surface area contributed by atoms with Crippen LogP contribution in [-0.4, -0.2) is 51.4 Å². The number of carbonyl (C=O) groups is 2. The Balaban J connectivity index is 2.09. The molecule has 0 saturated heterocycles. The summed E-state index contributed by atoms with van der Waals surface area (Å²) in [5.41, 5.74) is 1.53. The Morgan fingerprint density at radius 3 is 2.27 bits per heavy atom. The Hall–Kier alpha value is -3.27. The molecule has 0 heterocycles. The van der Waals surface area contributed by atoms with E-state index in [0.717, 1.165) is 9.87 Å². The highest BCUT2D eigenvalue weighted by Gasteiger charge is 2.34. The van der Waals surface area contributed by atoms with Gasteiger partial charge in [0.15, 0.2) is 0 Å². The van der Waals surface area contributed by atoms with E-state index in [-0.39, 0.29) is 34.7 Å². The van der Waals surface area contributed by atoms with Crippen LogP contribution < -0.4 is 14.4 Å². The molecule has 0 spiro atoms. The van der Waals surface area contributed by atoms with E-state index in [0.29, 0.717) is 22.2 Å². The number of ether oxygens (including phenoxy) is 1. The van der Waals surface area contributed by atoms with Crippen molar-refractivity contribution in [3.63, 3.8) is 0 Å². The minimum absolute atomic E-state index is 0.00591. The van der Waals surface area contributed by atoms with Crippen LogP contribution in [0.5, 0.6) is 5.75 Å². The van der Waals surface area contributed by atoms with E-state index in [9.17, 15) is 18.0 Å². The molecule has 3 aromatic rings. The molecule has 0 fully saturated rings. The van der Waals surface area contributed by atoms with Crippen molar-refractivity contribution in [1.29, 1.82) is 0 Å². The Kier molecular flexibility index (Phi) is 11.1. The number of nitrogens with one attached hydrogen (secondary N) is 1. The zero-order valence-electron chi connectivity index (χ0n) is 23.7. The molecule has 0 aliphatic heterocycles. The second kappa shape index (κ2) is 14.1. The van der Waals surface area contributed by atoms with Crippen molar-refractivity contribution < 1.29 is 22.7 Å². The molecular formula is C30H35Cl2N3O5S. The number of halogens is 2. The first-order valence-corrected chi connectivity index (χ1v) is 15.3. The second-order valence-electron chi connectivity index (χ2n) is 10.1. The summed E-state index contributed by atoms with van der Waals surface area (Å²) in [6, 6.07) is 16.8. The van der Waals surface area contributed by atoms with E-state index in [4.69, 9.17) is 27.9 Å². The fourth-order valence-electron chi connectivity index (χ4n) is 4.10. The summed E-state index contributed by atoms with van der Waals surface area (Å²) >= 11 is 12.5. The molecule has 0 radical (unpaired) electrons. The third kappa shape index (κ3) is 8.15. The highest BCUT2D eigenvalue weighted by molar-refractivity contribution is 7.92. The first kappa shape index (κ1) is 32.2. The van der Waals surface area contributed by atoms with Gasteiger partial charge in [-0.2, -0.15) is 0 Å². The predicted octanol–water partition coefficient (Wildman–Crippen LogP) is 5.70. The number of methoxy groups -OCH3 is 1. The lowest BCUT2D eigenvalue weighted by atomic mass is 10.1. The van der Waals surface area contributed by atoms with Crippen LogP contribution >= 0.6 is 23.2 Å². The van der Waals surface area contributed by atoms with Crippen LogP contribution in [0.4, 0.5) is 5.69 Å². The molecule has 1 atom stereocenters. The van der Waals surface area contributed by atoms with Crippen molar-refractivity contribution in [3.05, 3.63) is 87.9 Å². The van der Waals surface area contributed by atoms with E-state index in [1.807, 2.05) is 20.8 Å². The Labute approximate surface area is 252 Å². The number of hydrogen-bond acceptors (Lipinski definition) is 5. The Morgan fingerprint density at radius 1 is 0.976 bits per heavy atom. The molecule has 3 rings (SSSR count). The molecule has 11 heteroatoms. The largest absolute Gasteiger partial charge is 0.495 e. The van der Waals surface area contributed by atoms with Gasteiger partial charge in [0.05, 0.1) is 17.7 Å². The van der Waals surface area contributed by atoms with Crippen LogP contribution in [0.3, 0.4) is 0 Å². The third-order valence-electron chi connectivity index (χ3n) is 6.42. The minimum Gasteiger partial charge on any atom is -0.495 e. The van der Waals surface area contributed by atoms with Gasteiger partial charge in [-0.1, -0.05) is 67.4 Å². The highest BCUT2D eigenvalue weighted by Crippen LogP contribution is 2.34. The van der Waals surface area contributed by atoms with Gasteiger partial charge in [0.1, 0.15) is 18.3 Å². The second-order valence-corrected chi connectivity index (χ2v) is 12.8. The van der Waals surface area contributed by atoms with Crippen molar-refractivity contribution in [2.75, 3.05) is 24.5 Å². The average Bonchev–Trinajstić information content (AvgIpc) is 2.94. The van der Waals surface area contributed by atoms with Crippen LogP contribution in [0.2, 0.25) is 10.0 Å². The van der Waals surface area contributed by atoms with E-state index >= 15 is 0 Å². The number of carbonyl (C=O) groups excluding carboxylic acids is 2. The van der Waals surface area contributed by atoms with Gasteiger partial charge >= 0.3 is 0 Å². The van der Waals surface area contributed by atoms with E-state index < -0.39 is 28.5 Å². The van der Waals surface area contributed by atoms with E-state index in [2.05, 4.69) is 5.32 Å². The molecule has 0 unspecified atom stereocenters. The third-order valence-corrected chi connectivity index (χ3v) is 8.78. The summed E-state index contributed by atoms with van der Waals surface area (Å²) in [4.78, 5) is 28.5. The fraction of sp³-hybridized carbons (Fsp3) is 0.333. The monoisotopic (exact) mass is 619 g/mol. The highest BCUT2D eigenvalue weighted by atomic mass is 35.5. The number of anilines is 1. The maximum Gasteiger partial charge on any atom is 0.264 e. The van der Waals surface area contributed by atoms with Crippen molar-refractivity contribution in [2.24, 2.45) is 5.92 Å². The quantitative estimate of drug-likeness (QED) is 0.281. The van der Waals surface area contributed by atoms with Crippen molar-refractivity contribution >= 4 is 50.7 Å². The maximum atomic E-state index is 14.1. The number of sulfonamides is 1. The van der Waals surface area contributed by atoms with Gasteiger partial charge in [-0.05, 0) is 67.3 Å². The number of rotatable bonds is 12. The van der Waals surface area contributed by atoms with Gasteiger partial charge in [0, 0.05) is 23.1 Å². The van der Waals surface area contributed by atoms with Gasteiger partial charge < -0.3 is 15.0 Å². The molecule has 41 heavy (non-hydrogen) atoms. The summed E-state index contributed by atoms with van der Waals surface area (Å²) in [7, 11) is -2.79. The molecular weight excluding hydrogens is 585 g/mol. The molecule has 0 aromatic heterocycles. The Bertz CT molecular complexity index is 1480. The molecule has 3 aromatic carbocycles. The number of amides is 2. The molecule has 220 valence electrons. The number of benzene rings is 3. The standard InChI is InChI=1S/C30H35Cl2N3O5S/c1-20(2)17-33-30(37)22(4)34(18-23-12-13-24(31)16-26(23)32)29(36)19-35(27-15-21(3)11-14-28(27)40-5)41(38,39)25-9-7-6-8-10-25/h6-16,20,22H,17-19H2,1-5H3,(H,33,37)/t22-/m0/s1. The molecule has 1 N–H and O–H groups in total. The van der Waals surface area contributed by atoms with Crippen LogP contribution in [-0.2, 0) is 26.2 Å². The molecule has 0 saturated carbocycles. The van der Waals surface area contributed by atoms with Crippen LogP contribution in [0.25, 0.3) is 0 Å². The Morgan fingerprint density at radius 2 is 1.66 bits per heavy atom. The van der Waals surface area contributed by atoms with Gasteiger partial charge in [-0.3, -0.25) is 13.9 Å². The molecule has 0 bridgehead atoms. The number of aryl methyl sites for hydroxylation is 1. The van der Waals surface area contributed by atoms with Crippen LogP contribution in [0.1, 0.15) is 31.9 Å². The number of hydrogen-bond donors (Lipinski definition) is 1. The zero-order chi connectivity index (χ0) is 30.3. The van der Waals surface area contributed by atoms with Crippen molar-refractivity contribution in [3.8, 4) is 5.75 Å². The van der Waals surface area contributed by atoms with E-state index in [1.165, 1.54) is 24.1 Å². The summed E-state index contributed by atoms with van der Waals surface area (Å²) in [5, 5.41) is 3.60. The SMILES string of the molecule is COc1ccc(C)cc1N(CC(=O)N(Cc1ccc(Cl)cc1Cl)[C@@H](C)C(=O)NCC(C)C)S(=O)(=O)c1ccccc1. The predicted molar refractivity (Wildman–Crippen MR) is 163 cm³/mol. The normalized spacial score (nSPS) is 12.1. The average molecular weight is 621 g/mol. The molecule has 8 nitrogen and oxygen atoms in total. The number of nitrogens with zero attached hydrogens (tertiary/aromatic N) is 2. The minimum atomic E-state index is -4.22. The van der Waals surface area contributed by atoms with E-state index in [1.54, 1.807) is 61.5 Å². The molecule has 2 amide bonds. The van der Waals surface area contributed by atoms with Crippen LogP contribution in [0, 0.1) is 12.8 Å². The van der Waals surface area contributed by atoms with Gasteiger partial charge in [0.25, 0.3) is 10.0 Å². The lowest BCUT2D eigenvalue weighted by molar-refractivity contribution is -0.139. The zero-order valence-corrected chi connectivity index (χ0v) is 26.1. The van der Waals surface area contributed by atoms with Crippen LogP contribution in [0.15, 0.2) is 71.6 Å². The summed E-state index contributed by atoms with van der Waals surface area (Å²) < 4.78 is 34.5. The molecule has 0 aliphatic rings. The van der Waals surface area contributed by atoms with Crippen molar-refractivity contribution in [1.82, 2.24) is 10.2 Å². The lowest BCUT2D eigenvalue weighted by Gasteiger charge is -2.32. The van der Waals surface area contributed by atoms with Gasteiger partial charge in [-0.25, -0.2) is 8.42 Å². The van der Waals surface area contributed by atoms with Gasteiger partial charge in [-0.15, -0.1) is 0 Å². The van der Waals surface area contributed by atoms with Crippen molar-refractivity contribution in [2.45, 2.75) is 45.2 Å². The first-order chi connectivity index (χ1) is 19.3. The lowest BCUT2D eigenvalue weighted by Crippen LogP contribution is -2.51. The summed E-state index contributed by atoms with van der Waals surface area (Å²) in [6.07, 6.45) is 0. The fourth-order valence-corrected chi connectivity index (χ4v) is 6.00. The summed E-state index contributed by atoms with van der Waals surface area (Å²) in [6.45, 7) is 7.11. The topological polar surface area (TPSA) is 96.0 Å². The molecule has 0 aliphatic carbocycles. The maximum absolute atomic E-state index is 14.1.